The molecule has 0 radical (unpaired) electrons. The van der Waals surface area contributed by atoms with Gasteiger partial charge in [-0.15, -0.1) is 11.3 Å². The number of para-hydroxylation sites is 2. The first kappa shape index (κ1) is 17.5. The first-order chi connectivity index (χ1) is 13.1. The number of hydrogen-bond donors (Lipinski definition) is 1. The van der Waals surface area contributed by atoms with Gasteiger partial charge in [-0.05, 0) is 43.0 Å². The Hall–Kier alpha value is -2.92. The van der Waals surface area contributed by atoms with Gasteiger partial charge in [0, 0.05) is 6.54 Å². The molecule has 2 aromatic carbocycles. The quantitative estimate of drug-likeness (QED) is 0.537. The van der Waals surface area contributed by atoms with Crippen molar-refractivity contribution in [2.75, 3.05) is 0 Å². The minimum absolute atomic E-state index is 0.0633. The summed E-state index contributed by atoms with van der Waals surface area (Å²) in [4.78, 5) is 18.0. The van der Waals surface area contributed by atoms with Gasteiger partial charge in [-0.1, -0.05) is 48.0 Å². The molecule has 0 aliphatic rings. The predicted molar refractivity (Wildman–Crippen MR) is 110 cm³/mol. The molecule has 0 saturated heterocycles. The van der Waals surface area contributed by atoms with Gasteiger partial charge in [-0.25, -0.2) is 4.98 Å². The molecule has 0 bridgehead atoms. The van der Waals surface area contributed by atoms with Crippen LogP contribution < -0.4 is 5.32 Å². The van der Waals surface area contributed by atoms with Gasteiger partial charge in [0.05, 0.1) is 22.0 Å². The number of thiophene rings is 1. The molecule has 1 amide bonds. The lowest BCUT2D eigenvalue weighted by molar-refractivity contribution is 0.0942. The zero-order valence-electron chi connectivity index (χ0n) is 15.3. The molecule has 4 aromatic rings. The predicted octanol–water partition coefficient (Wildman–Crippen LogP) is 4.95. The fourth-order valence-corrected chi connectivity index (χ4v) is 3.95. The third-order valence-electron chi connectivity index (χ3n) is 4.59. The summed E-state index contributed by atoms with van der Waals surface area (Å²) in [6.45, 7) is 4.80. The number of hydrogen-bond acceptors (Lipinski definition) is 3. The Bertz CT molecular complexity index is 1080. The summed E-state index contributed by atoms with van der Waals surface area (Å²) in [7, 11) is 0. The average molecular weight is 375 g/mol. The topological polar surface area (TPSA) is 46.9 Å². The highest BCUT2D eigenvalue weighted by Crippen LogP contribution is 2.23. The monoisotopic (exact) mass is 375 g/mol. The van der Waals surface area contributed by atoms with E-state index in [4.69, 9.17) is 4.98 Å². The van der Waals surface area contributed by atoms with E-state index in [2.05, 4.69) is 47.1 Å². The van der Waals surface area contributed by atoms with Crippen LogP contribution in [-0.4, -0.2) is 15.5 Å². The van der Waals surface area contributed by atoms with Crippen LogP contribution in [0.2, 0.25) is 0 Å². The van der Waals surface area contributed by atoms with Crippen LogP contribution in [0.3, 0.4) is 0 Å². The maximum atomic E-state index is 12.5. The van der Waals surface area contributed by atoms with Gasteiger partial charge < -0.3 is 9.88 Å². The van der Waals surface area contributed by atoms with Crippen molar-refractivity contribution in [2.45, 2.75) is 26.4 Å². The molecule has 1 N–H and O–H groups in total. The van der Waals surface area contributed by atoms with Crippen LogP contribution in [0.1, 0.15) is 39.6 Å². The van der Waals surface area contributed by atoms with Crippen LogP contribution in [0.15, 0.2) is 66.0 Å². The van der Waals surface area contributed by atoms with E-state index in [0.29, 0.717) is 4.88 Å². The van der Waals surface area contributed by atoms with Crippen molar-refractivity contribution in [3.63, 3.8) is 0 Å². The maximum absolute atomic E-state index is 12.5. The van der Waals surface area contributed by atoms with Crippen LogP contribution in [0.25, 0.3) is 11.0 Å². The normalized spacial score (nSPS) is 12.2. The molecule has 2 aromatic heterocycles. The van der Waals surface area contributed by atoms with Crippen LogP contribution in [0.5, 0.6) is 0 Å². The molecule has 5 heteroatoms. The molecule has 0 aliphatic heterocycles. The molecule has 0 saturated carbocycles. The summed E-state index contributed by atoms with van der Waals surface area (Å²) >= 11 is 1.44. The molecule has 136 valence electrons. The number of aryl methyl sites for hydroxylation is 1. The molecule has 0 spiro atoms. The zero-order valence-corrected chi connectivity index (χ0v) is 16.2. The second kappa shape index (κ2) is 7.37. The van der Waals surface area contributed by atoms with Gasteiger partial charge in [0.2, 0.25) is 0 Å². The molecule has 2 heterocycles. The number of amides is 1. The van der Waals surface area contributed by atoms with Gasteiger partial charge in [-0.3, -0.25) is 4.79 Å². The van der Waals surface area contributed by atoms with E-state index in [1.165, 1.54) is 22.5 Å². The van der Waals surface area contributed by atoms with Crippen molar-refractivity contribution >= 4 is 28.3 Å². The molecule has 27 heavy (non-hydrogen) atoms. The van der Waals surface area contributed by atoms with E-state index in [0.717, 1.165) is 23.4 Å². The Morgan fingerprint density at radius 1 is 1.15 bits per heavy atom. The van der Waals surface area contributed by atoms with Gasteiger partial charge in [0.25, 0.3) is 5.91 Å². The second-order valence-corrected chi connectivity index (χ2v) is 7.65. The maximum Gasteiger partial charge on any atom is 0.261 e. The number of imidazole rings is 1. The van der Waals surface area contributed by atoms with Gasteiger partial charge in [0.15, 0.2) is 0 Å². The zero-order chi connectivity index (χ0) is 18.8. The van der Waals surface area contributed by atoms with Crippen LogP contribution >= 0.6 is 11.3 Å². The Morgan fingerprint density at radius 2 is 2.00 bits per heavy atom. The van der Waals surface area contributed by atoms with Crippen LogP contribution in [0.4, 0.5) is 0 Å². The Kier molecular flexibility index (Phi) is 4.77. The number of benzene rings is 2. The van der Waals surface area contributed by atoms with E-state index >= 15 is 0 Å². The number of carbonyl (C=O) groups is 1. The SMILES string of the molecule is Cc1cccc(Cn2c(C(C)NC(=O)c3cccs3)nc3ccccc32)c1. The van der Waals surface area contributed by atoms with Crippen molar-refractivity contribution < 1.29 is 4.79 Å². The summed E-state index contributed by atoms with van der Waals surface area (Å²) in [6, 6.07) is 20.1. The van der Waals surface area contributed by atoms with E-state index in [1.807, 2.05) is 42.6 Å². The number of rotatable bonds is 5. The summed E-state index contributed by atoms with van der Waals surface area (Å²) in [5.41, 5.74) is 4.47. The lowest BCUT2D eigenvalue weighted by Crippen LogP contribution is -2.28. The molecule has 4 rings (SSSR count). The fourth-order valence-electron chi connectivity index (χ4n) is 3.32. The minimum atomic E-state index is -0.197. The van der Waals surface area contributed by atoms with E-state index in [1.54, 1.807) is 0 Å². The Morgan fingerprint density at radius 3 is 2.78 bits per heavy atom. The Labute approximate surface area is 162 Å². The van der Waals surface area contributed by atoms with Gasteiger partial charge >= 0.3 is 0 Å². The average Bonchev–Trinajstić information content (AvgIpc) is 3.30. The van der Waals surface area contributed by atoms with E-state index in [-0.39, 0.29) is 11.9 Å². The van der Waals surface area contributed by atoms with Crippen molar-refractivity contribution in [3.05, 3.63) is 87.9 Å². The number of nitrogens with zero attached hydrogens (tertiary/aromatic N) is 2. The fraction of sp³-hybridized carbons (Fsp3) is 0.182. The molecular weight excluding hydrogens is 354 g/mol. The molecule has 1 atom stereocenters. The smallest absolute Gasteiger partial charge is 0.261 e. The first-order valence-corrected chi connectivity index (χ1v) is 9.85. The van der Waals surface area contributed by atoms with Gasteiger partial charge in [-0.2, -0.15) is 0 Å². The molecule has 4 nitrogen and oxygen atoms in total. The second-order valence-electron chi connectivity index (χ2n) is 6.71. The summed E-state index contributed by atoms with van der Waals surface area (Å²) < 4.78 is 2.20. The van der Waals surface area contributed by atoms with Crippen molar-refractivity contribution in [1.29, 1.82) is 0 Å². The van der Waals surface area contributed by atoms with E-state index < -0.39 is 0 Å². The highest BCUT2D eigenvalue weighted by Gasteiger charge is 2.19. The van der Waals surface area contributed by atoms with Crippen LogP contribution in [-0.2, 0) is 6.54 Å². The highest BCUT2D eigenvalue weighted by atomic mass is 32.1. The molecular formula is C22H21N3OS. The molecule has 1 unspecified atom stereocenters. The molecule has 0 fully saturated rings. The lowest BCUT2D eigenvalue weighted by atomic mass is 10.1. The van der Waals surface area contributed by atoms with Crippen LogP contribution in [0, 0.1) is 6.92 Å². The summed E-state index contributed by atoms with van der Waals surface area (Å²) in [5.74, 6) is 0.800. The minimum Gasteiger partial charge on any atom is -0.342 e. The first-order valence-electron chi connectivity index (χ1n) is 8.97. The largest absolute Gasteiger partial charge is 0.342 e. The van der Waals surface area contributed by atoms with Crippen molar-refractivity contribution in [1.82, 2.24) is 14.9 Å². The van der Waals surface area contributed by atoms with Crippen molar-refractivity contribution in [2.24, 2.45) is 0 Å². The van der Waals surface area contributed by atoms with E-state index in [9.17, 15) is 4.79 Å². The number of carbonyl (C=O) groups excluding carboxylic acids is 1. The van der Waals surface area contributed by atoms with Crippen molar-refractivity contribution in [3.8, 4) is 0 Å². The Balaban J connectivity index is 1.70. The highest BCUT2D eigenvalue weighted by molar-refractivity contribution is 7.12. The lowest BCUT2D eigenvalue weighted by Gasteiger charge is -2.16. The third-order valence-corrected chi connectivity index (χ3v) is 5.46. The summed E-state index contributed by atoms with van der Waals surface area (Å²) in [5, 5.41) is 4.99. The number of fused-ring (bicyclic) bond motifs is 1. The molecule has 0 aliphatic carbocycles. The standard InChI is InChI=1S/C22H21N3OS/c1-15-7-5-8-17(13-15)14-25-19-10-4-3-9-18(19)24-21(25)16(2)23-22(26)20-11-6-12-27-20/h3-13,16H,14H2,1-2H3,(H,23,26). The number of aromatic nitrogens is 2. The third kappa shape index (κ3) is 3.64. The summed E-state index contributed by atoms with van der Waals surface area (Å²) in [6.07, 6.45) is 0. The number of nitrogens with one attached hydrogen (secondary N) is 1. The van der Waals surface area contributed by atoms with Gasteiger partial charge in [0.1, 0.15) is 5.82 Å².